The van der Waals surface area contributed by atoms with Gasteiger partial charge in [0.2, 0.25) is 0 Å². The van der Waals surface area contributed by atoms with Gasteiger partial charge in [0.1, 0.15) is 11.3 Å². The largest absolute Gasteiger partial charge is 0.493 e. The molecule has 0 amide bonds. The summed E-state index contributed by atoms with van der Waals surface area (Å²) < 4.78 is 6.38. The van der Waals surface area contributed by atoms with Crippen LogP contribution in [0.25, 0.3) is 0 Å². The molecule has 3 N–H and O–H groups in total. The van der Waals surface area contributed by atoms with Crippen molar-refractivity contribution in [3.63, 3.8) is 0 Å². The lowest BCUT2D eigenvalue weighted by Gasteiger charge is -2.47. The Morgan fingerprint density at radius 1 is 1.15 bits per heavy atom. The number of fused-ring (bicyclic) bond motifs is 3. The molecule has 41 heavy (non-hydrogen) atoms. The lowest BCUT2D eigenvalue weighted by molar-refractivity contribution is -0.144. The summed E-state index contributed by atoms with van der Waals surface area (Å²) in [6, 6.07) is 18.0. The zero-order chi connectivity index (χ0) is 28.8. The van der Waals surface area contributed by atoms with E-state index in [4.69, 9.17) is 16.3 Å². The fourth-order valence-corrected chi connectivity index (χ4v) is 8.11. The summed E-state index contributed by atoms with van der Waals surface area (Å²) in [5.74, 6) is 0.990. The summed E-state index contributed by atoms with van der Waals surface area (Å²) in [5.41, 5.74) is 4.27. The van der Waals surface area contributed by atoms with E-state index in [0.717, 1.165) is 48.4 Å². The molecule has 4 atom stereocenters. The first-order valence-electron chi connectivity index (χ1n) is 14.9. The fraction of sp³-hybridized carbons (Fsp3) is 0.471. The molecule has 0 bridgehead atoms. The van der Waals surface area contributed by atoms with Gasteiger partial charge in [-0.25, -0.2) is 4.79 Å². The summed E-state index contributed by atoms with van der Waals surface area (Å²) in [6.45, 7) is 4.97. The van der Waals surface area contributed by atoms with Gasteiger partial charge in [0.15, 0.2) is 0 Å². The van der Waals surface area contributed by atoms with Crippen molar-refractivity contribution in [1.82, 2.24) is 4.98 Å². The maximum atomic E-state index is 12.7. The van der Waals surface area contributed by atoms with Crippen LogP contribution >= 0.6 is 11.6 Å². The van der Waals surface area contributed by atoms with Gasteiger partial charge in [-0.1, -0.05) is 55.8 Å². The van der Waals surface area contributed by atoms with Gasteiger partial charge in [-0.2, -0.15) is 0 Å². The number of carboxylic acids is 1. The number of carbonyl (C=O) groups is 1. The van der Waals surface area contributed by atoms with Gasteiger partial charge in [0.25, 0.3) is 0 Å². The van der Waals surface area contributed by atoms with Gasteiger partial charge in [-0.05, 0) is 104 Å². The number of halogens is 1. The molecule has 1 heterocycles. The van der Waals surface area contributed by atoms with Crippen LogP contribution in [-0.4, -0.2) is 33.3 Å². The zero-order valence-electron chi connectivity index (χ0n) is 23.8. The van der Waals surface area contributed by atoms with Crippen molar-refractivity contribution in [1.29, 1.82) is 0 Å². The second-order valence-corrected chi connectivity index (χ2v) is 13.1. The summed E-state index contributed by atoms with van der Waals surface area (Å²) >= 11 is 6.20. The van der Waals surface area contributed by atoms with Gasteiger partial charge in [-0.3, -0.25) is 4.98 Å². The minimum atomic E-state index is -1.02. The summed E-state index contributed by atoms with van der Waals surface area (Å²) in [5, 5.41) is 24.7. The molecule has 0 radical (unpaired) electrons. The quantitative estimate of drug-likeness (QED) is 0.261. The molecule has 0 saturated heterocycles. The second-order valence-electron chi connectivity index (χ2n) is 12.6. The highest BCUT2D eigenvalue weighted by Gasteiger charge is 2.54. The highest BCUT2D eigenvalue weighted by molar-refractivity contribution is 6.30. The Morgan fingerprint density at radius 3 is 2.68 bits per heavy atom. The number of aliphatic carboxylic acids is 1. The molecule has 6 nitrogen and oxygen atoms in total. The van der Waals surface area contributed by atoms with Crippen molar-refractivity contribution in [3.05, 3.63) is 88.2 Å². The Bertz CT molecular complexity index is 1430. The van der Waals surface area contributed by atoms with Crippen LogP contribution in [0.4, 0.5) is 5.69 Å². The summed E-state index contributed by atoms with van der Waals surface area (Å²) in [6.07, 6.45) is 6.64. The number of hydrogen-bond acceptors (Lipinski definition) is 5. The maximum absolute atomic E-state index is 12.7. The maximum Gasteiger partial charge on any atom is 0.329 e. The SMILES string of the molecule is CC1CC(O)c2nccc(OC[C@H](C)CC3Cc4ccccc4C34CCC(Nc3cccc(Cl)c3)(C(=O)O)CC4)c21. The monoisotopic (exact) mass is 574 g/mol. The van der Waals surface area contributed by atoms with Gasteiger partial charge < -0.3 is 20.3 Å². The Kier molecular flexibility index (Phi) is 7.50. The number of hydrogen-bond donors (Lipinski definition) is 3. The Morgan fingerprint density at radius 2 is 1.93 bits per heavy atom. The number of aliphatic hydroxyl groups is 1. The lowest BCUT2D eigenvalue weighted by atomic mass is 9.59. The molecule has 3 aliphatic rings. The molecule has 1 fully saturated rings. The molecular formula is C34H39ClN2O4. The zero-order valence-corrected chi connectivity index (χ0v) is 24.5. The van der Waals surface area contributed by atoms with Crippen molar-refractivity contribution in [2.24, 2.45) is 11.8 Å². The topological polar surface area (TPSA) is 91.7 Å². The van der Waals surface area contributed by atoms with Crippen molar-refractivity contribution in [2.75, 3.05) is 11.9 Å². The molecule has 1 spiro atoms. The van der Waals surface area contributed by atoms with Gasteiger partial charge in [0.05, 0.1) is 18.4 Å². The predicted octanol–water partition coefficient (Wildman–Crippen LogP) is 7.30. The number of benzene rings is 2. The minimum absolute atomic E-state index is 0.0453. The van der Waals surface area contributed by atoms with Crippen LogP contribution in [0.3, 0.4) is 0 Å². The van der Waals surface area contributed by atoms with Crippen LogP contribution < -0.4 is 10.1 Å². The Hall–Kier alpha value is -3.09. The van der Waals surface area contributed by atoms with Crippen LogP contribution in [0.1, 0.15) is 86.8 Å². The van der Waals surface area contributed by atoms with Crippen LogP contribution in [0.2, 0.25) is 5.02 Å². The number of carboxylic acid groups (broad SMARTS) is 1. The summed E-state index contributed by atoms with van der Waals surface area (Å²) in [4.78, 5) is 17.1. The first-order valence-corrected chi connectivity index (χ1v) is 15.2. The smallest absolute Gasteiger partial charge is 0.329 e. The molecule has 2 aromatic carbocycles. The summed E-state index contributed by atoms with van der Waals surface area (Å²) in [7, 11) is 0. The molecule has 6 rings (SSSR count). The number of nitrogens with one attached hydrogen (secondary N) is 1. The van der Waals surface area contributed by atoms with Crippen molar-refractivity contribution < 1.29 is 19.7 Å². The third-order valence-electron chi connectivity index (χ3n) is 9.99. The van der Waals surface area contributed by atoms with E-state index in [-0.39, 0.29) is 11.3 Å². The highest BCUT2D eigenvalue weighted by atomic mass is 35.5. The van der Waals surface area contributed by atoms with Crippen molar-refractivity contribution in [3.8, 4) is 5.75 Å². The van der Waals surface area contributed by atoms with Crippen LogP contribution in [0.5, 0.6) is 5.75 Å². The number of anilines is 1. The number of aromatic nitrogens is 1. The van der Waals surface area contributed by atoms with Crippen LogP contribution in [-0.2, 0) is 16.6 Å². The van der Waals surface area contributed by atoms with Crippen molar-refractivity contribution >= 4 is 23.3 Å². The Balaban J connectivity index is 1.19. The Labute approximate surface area is 247 Å². The van der Waals surface area contributed by atoms with E-state index in [1.54, 1.807) is 18.3 Å². The minimum Gasteiger partial charge on any atom is -0.493 e. The van der Waals surface area contributed by atoms with E-state index in [1.165, 1.54) is 11.1 Å². The predicted molar refractivity (Wildman–Crippen MR) is 161 cm³/mol. The van der Waals surface area contributed by atoms with E-state index in [1.807, 2.05) is 18.2 Å². The molecule has 0 aliphatic heterocycles. The normalized spacial score (nSPS) is 29.1. The molecule has 1 aromatic heterocycles. The number of ether oxygens (including phenoxy) is 1. The van der Waals surface area contributed by atoms with E-state index >= 15 is 0 Å². The highest BCUT2D eigenvalue weighted by Crippen LogP contribution is 2.56. The van der Waals surface area contributed by atoms with Crippen molar-refractivity contribution in [2.45, 2.75) is 81.8 Å². The van der Waals surface area contributed by atoms with Crippen LogP contribution in [0.15, 0.2) is 60.8 Å². The van der Waals surface area contributed by atoms with Gasteiger partial charge >= 0.3 is 5.97 Å². The number of pyridine rings is 1. The van der Waals surface area contributed by atoms with E-state index in [9.17, 15) is 15.0 Å². The number of aliphatic hydroxyl groups excluding tert-OH is 1. The molecule has 1 saturated carbocycles. The third-order valence-corrected chi connectivity index (χ3v) is 10.2. The first-order chi connectivity index (χ1) is 19.7. The number of nitrogens with zero attached hydrogens (tertiary/aromatic N) is 1. The average molecular weight is 575 g/mol. The molecule has 3 aliphatic carbocycles. The third kappa shape index (κ3) is 5.10. The average Bonchev–Trinajstić information content (AvgIpc) is 3.42. The lowest BCUT2D eigenvalue weighted by Crippen LogP contribution is -2.53. The standard InChI is InChI=1S/C34H39ClN2O4/c1-21(20-41-29-10-15-36-31-28(38)17-22(2)30(29)31)16-24-18-23-6-3-4-9-27(23)33(24)11-13-34(14-12-33,32(39)40)37-26-8-5-7-25(35)19-26/h3-10,15,19,21-22,24,28,37-38H,11-14,16-18,20H2,1-2H3,(H,39,40)/t21-,22?,24?,28?,33?,34?/m1/s1. The van der Waals surface area contributed by atoms with E-state index in [2.05, 4.69) is 48.4 Å². The first kappa shape index (κ1) is 28.0. The van der Waals surface area contributed by atoms with E-state index < -0.39 is 17.6 Å². The fourth-order valence-electron chi connectivity index (χ4n) is 7.92. The molecule has 7 heteroatoms. The molecule has 3 aromatic rings. The number of rotatable bonds is 8. The molecule has 3 unspecified atom stereocenters. The van der Waals surface area contributed by atoms with E-state index in [0.29, 0.717) is 42.7 Å². The van der Waals surface area contributed by atoms with Crippen LogP contribution in [0, 0.1) is 11.8 Å². The second kappa shape index (κ2) is 11.0. The van der Waals surface area contributed by atoms with Gasteiger partial charge in [-0.15, -0.1) is 0 Å². The molecule has 216 valence electrons. The van der Waals surface area contributed by atoms with Gasteiger partial charge in [0, 0.05) is 22.5 Å². The molecular weight excluding hydrogens is 536 g/mol.